The fourth-order valence-electron chi connectivity index (χ4n) is 2.68. The minimum absolute atomic E-state index is 0.00979. The summed E-state index contributed by atoms with van der Waals surface area (Å²) >= 11 is 0. The summed E-state index contributed by atoms with van der Waals surface area (Å²) in [6.45, 7) is 0. The van der Waals surface area contributed by atoms with Crippen LogP contribution in [0.5, 0.6) is 0 Å². The number of hydrazone groups is 1. The maximum atomic E-state index is 12.4. The van der Waals surface area contributed by atoms with Crippen molar-refractivity contribution in [3.8, 4) is 6.07 Å². The Balaban J connectivity index is 2.01. The maximum absolute atomic E-state index is 12.4. The minimum atomic E-state index is -0.108. The number of nitrogens with zero attached hydrogens (tertiary/aromatic N) is 2. The Morgan fingerprint density at radius 2 is 1.71 bits per heavy atom. The van der Waals surface area contributed by atoms with Crippen LogP contribution in [0.15, 0.2) is 35.4 Å². The average Bonchev–Trinajstić information content (AvgIpc) is 2.48. The van der Waals surface area contributed by atoms with E-state index >= 15 is 0 Å². The van der Waals surface area contributed by atoms with Crippen LogP contribution < -0.4 is 5.43 Å². The van der Waals surface area contributed by atoms with Crippen LogP contribution in [0.1, 0.15) is 44.9 Å². The Morgan fingerprint density at radius 3 is 2.33 bits per heavy atom. The lowest BCUT2D eigenvalue weighted by molar-refractivity contribution is -0.116. The number of carbonyl (C=O) groups excluding carboxylic acids is 1. The molecule has 21 heavy (non-hydrogen) atoms. The van der Waals surface area contributed by atoms with Crippen LogP contribution >= 0.6 is 0 Å². The molecule has 2 rings (SSSR count). The van der Waals surface area contributed by atoms with Gasteiger partial charge in [0.15, 0.2) is 5.78 Å². The van der Waals surface area contributed by atoms with Crippen molar-refractivity contribution in [3.05, 3.63) is 30.3 Å². The Bertz CT molecular complexity index is 523. The Hall–Kier alpha value is -2.15. The summed E-state index contributed by atoms with van der Waals surface area (Å²) in [6.07, 6.45) is 7.53. The highest BCUT2D eigenvalue weighted by Crippen LogP contribution is 2.23. The van der Waals surface area contributed by atoms with Gasteiger partial charge in [-0.25, -0.2) is 0 Å². The van der Waals surface area contributed by atoms with Gasteiger partial charge in [-0.3, -0.25) is 10.2 Å². The topological polar surface area (TPSA) is 65.2 Å². The van der Waals surface area contributed by atoms with Gasteiger partial charge >= 0.3 is 0 Å². The SMILES string of the molecule is N#C/C(=N\Nc1ccccc1)C(=O)C1CCCCCCC1. The molecule has 0 saturated heterocycles. The number of para-hydroxylation sites is 1. The highest BCUT2D eigenvalue weighted by molar-refractivity contribution is 6.46. The summed E-state index contributed by atoms with van der Waals surface area (Å²) in [4.78, 5) is 12.4. The van der Waals surface area contributed by atoms with E-state index in [9.17, 15) is 10.1 Å². The molecule has 0 bridgehead atoms. The van der Waals surface area contributed by atoms with E-state index in [0.717, 1.165) is 31.4 Å². The third-order valence-corrected chi connectivity index (χ3v) is 3.89. The molecule has 0 spiro atoms. The van der Waals surface area contributed by atoms with E-state index in [-0.39, 0.29) is 17.4 Å². The summed E-state index contributed by atoms with van der Waals surface area (Å²) in [5, 5.41) is 13.2. The lowest BCUT2D eigenvalue weighted by Gasteiger charge is -2.17. The van der Waals surface area contributed by atoms with Gasteiger partial charge in [0.1, 0.15) is 6.07 Å². The predicted octanol–water partition coefficient (Wildman–Crippen LogP) is 3.91. The van der Waals surface area contributed by atoms with Gasteiger partial charge in [-0.1, -0.05) is 50.3 Å². The average molecular weight is 283 g/mol. The number of Topliss-reactive ketones (excluding diaryl/α,β-unsaturated/α-hetero) is 1. The van der Waals surface area contributed by atoms with Crippen molar-refractivity contribution in [3.63, 3.8) is 0 Å². The fraction of sp³-hybridized carbons (Fsp3) is 0.471. The van der Waals surface area contributed by atoms with E-state index in [1.807, 2.05) is 36.4 Å². The van der Waals surface area contributed by atoms with E-state index in [1.54, 1.807) is 0 Å². The van der Waals surface area contributed by atoms with Crippen LogP contribution in [0, 0.1) is 17.2 Å². The lowest BCUT2D eigenvalue weighted by atomic mass is 9.87. The van der Waals surface area contributed by atoms with Gasteiger partial charge < -0.3 is 0 Å². The second-order valence-electron chi connectivity index (χ2n) is 5.46. The molecule has 4 heteroatoms. The molecule has 0 radical (unpaired) electrons. The summed E-state index contributed by atoms with van der Waals surface area (Å²) in [7, 11) is 0. The largest absolute Gasteiger partial charge is 0.291 e. The van der Waals surface area contributed by atoms with Gasteiger partial charge in [-0.05, 0) is 25.0 Å². The molecular formula is C17H21N3O. The van der Waals surface area contributed by atoms with Crippen LogP contribution in [-0.4, -0.2) is 11.5 Å². The third-order valence-electron chi connectivity index (χ3n) is 3.89. The Kier molecular flexibility index (Phi) is 5.96. The molecule has 4 nitrogen and oxygen atoms in total. The molecule has 0 heterocycles. The highest BCUT2D eigenvalue weighted by atomic mass is 16.1. The first kappa shape index (κ1) is 15.2. The number of hydrogen-bond donors (Lipinski definition) is 1. The molecule has 1 aliphatic rings. The summed E-state index contributed by atoms with van der Waals surface area (Å²) in [6, 6.07) is 11.3. The summed E-state index contributed by atoms with van der Waals surface area (Å²) in [5.41, 5.74) is 3.55. The first-order valence-electron chi connectivity index (χ1n) is 7.64. The first-order valence-corrected chi connectivity index (χ1v) is 7.64. The molecule has 0 amide bonds. The van der Waals surface area contributed by atoms with Crippen molar-refractivity contribution in [1.29, 1.82) is 5.26 Å². The van der Waals surface area contributed by atoms with Gasteiger partial charge in [-0.2, -0.15) is 10.4 Å². The number of hydrogen-bond acceptors (Lipinski definition) is 4. The standard InChI is InChI=1S/C17H21N3O/c18-13-16(20-19-15-11-7-4-8-12-15)17(21)14-9-5-2-1-3-6-10-14/h4,7-8,11-12,14,19H,1-3,5-6,9-10H2/b20-16+. The molecule has 1 fully saturated rings. The second kappa shape index (κ2) is 8.21. The fourth-order valence-corrected chi connectivity index (χ4v) is 2.68. The molecule has 0 unspecified atom stereocenters. The van der Waals surface area contributed by atoms with Crippen molar-refractivity contribution in [2.75, 3.05) is 5.43 Å². The number of ketones is 1. The molecule has 0 aliphatic heterocycles. The van der Waals surface area contributed by atoms with E-state index in [1.165, 1.54) is 19.3 Å². The maximum Gasteiger partial charge on any atom is 0.203 e. The Morgan fingerprint density at radius 1 is 1.10 bits per heavy atom. The zero-order valence-electron chi connectivity index (χ0n) is 12.2. The summed E-state index contributed by atoms with van der Waals surface area (Å²) in [5.74, 6) is -0.149. The lowest BCUT2D eigenvalue weighted by Crippen LogP contribution is -2.24. The molecule has 1 saturated carbocycles. The van der Waals surface area contributed by atoms with Gasteiger partial charge in [0, 0.05) is 5.92 Å². The highest BCUT2D eigenvalue weighted by Gasteiger charge is 2.24. The second-order valence-corrected chi connectivity index (χ2v) is 5.46. The van der Waals surface area contributed by atoms with Crippen molar-refractivity contribution in [2.24, 2.45) is 11.0 Å². The van der Waals surface area contributed by atoms with Gasteiger partial charge in [0.2, 0.25) is 5.71 Å². The van der Waals surface area contributed by atoms with Crippen LogP contribution in [0.2, 0.25) is 0 Å². The van der Waals surface area contributed by atoms with Crippen molar-refractivity contribution >= 4 is 17.2 Å². The zero-order chi connectivity index (χ0) is 14.9. The molecule has 1 aromatic rings. The molecule has 1 aliphatic carbocycles. The molecule has 0 atom stereocenters. The van der Waals surface area contributed by atoms with E-state index in [2.05, 4.69) is 10.5 Å². The Labute approximate surface area is 125 Å². The van der Waals surface area contributed by atoms with Crippen LogP contribution in [0.3, 0.4) is 0 Å². The third kappa shape index (κ3) is 4.71. The van der Waals surface area contributed by atoms with Crippen LogP contribution in [0.25, 0.3) is 0 Å². The van der Waals surface area contributed by atoms with Crippen molar-refractivity contribution in [1.82, 2.24) is 0 Å². The van der Waals surface area contributed by atoms with Crippen LogP contribution in [0.4, 0.5) is 5.69 Å². The number of anilines is 1. The molecule has 1 aromatic carbocycles. The number of nitrogens with one attached hydrogen (secondary N) is 1. The van der Waals surface area contributed by atoms with Gasteiger partial charge in [0.05, 0.1) is 5.69 Å². The van der Waals surface area contributed by atoms with Crippen LogP contribution in [-0.2, 0) is 4.79 Å². The normalized spacial score (nSPS) is 17.4. The number of carbonyl (C=O) groups is 1. The summed E-state index contributed by atoms with van der Waals surface area (Å²) < 4.78 is 0. The van der Waals surface area contributed by atoms with E-state index in [0.29, 0.717) is 0 Å². The number of rotatable bonds is 4. The van der Waals surface area contributed by atoms with E-state index < -0.39 is 0 Å². The van der Waals surface area contributed by atoms with Crippen molar-refractivity contribution in [2.45, 2.75) is 44.9 Å². The molecule has 110 valence electrons. The van der Waals surface area contributed by atoms with Gasteiger partial charge in [0.25, 0.3) is 0 Å². The number of nitriles is 1. The minimum Gasteiger partial charge on any atom is -0.291 e. The quantitative estimate of drug-likeness (QED) is 0.673. The first-order chi connectivity index (χ1) is 10.3. The zero-order valence-corrected chi connectivity index (χ0v) is 12.2. The predicted molar refractivity (Wildman–Crippen MR) is 83.9 cm³/mol. The van der Waals surface area contributed by atoms with Crippen molar-refractivity contribution < 1.29 is 4.79 Å². The van der Waals surface area contributed by atoms with E-state index in [4.69, 9.17) is 0 Å². The molecular weight excluding hydrogens is 262 g/mol. The molecule has 1 N–H and O–H groups in total. The number of benzene rings is 1. The van der Waals surface area contributed by atoms with Gasteiger partial charge in [-0.15, -0.1) is 0 Å². The molecule has 0 aromatic heterocycles. The monoisotopic (exact) mass is 283 g/mol. The smallest absolute Gasteiger partial charge is 0.203 e.